The normalized spacial score (nSPS) is 21.0. The smallest absolute Gasteiger partial charge is 0.224 e. The number of benzene rings is 1. The molecule has 1 saturated carbocycles. The molecule has 3 atom stereocenters. The molecular weight excluding hydrogens is 459 g/mol. The Morgan fingerprint density at radius 2 is 2.03 bits per heavy atom. The van der Waals surface area contributed by atoms with Crippen molar-refractivity contribution in [2.75, 3.05) is 0 Å². The van der Waals surface area contributed by atoms with Crippen LogP contribution in [0.4, 0.5) is 4.39 Å². The van der Waals surface area contributed by atoms with E-state index < -0.39 is 17.8 Å². The fourth-order valence-electron chi connectivity index (χ4n) is 4.79. The number of carbonyl (C=O) groups is 3. The first-order valence-corrected chi connectivity index (χ1v) is 12.0. The predicted octanol–water partition coefficient (Wildman–Crippen LogP) is 4.26. The Morgan fingerprint density at radius 3 is 2.65 bits per heavy atom. The van der Waals surface area contributed by atoms with Gasteiger partial charge in [0.05, 0.1) is 22.3 Å². The lowest BCUT2D eigenvalue weighted by Crippen LogP contribution is -2.40. The number of ketones is 1. The van der Waals surface area contributed by atoms with Gasteiger partial charge < -0.3 is 15.6 Å². The van der Waals surface area contributed by atoms with E-state index in [0.717, 1.165) is 12.8 Å². The number of nitriles is 1. The highest BCUT2D eigenvalue weighted by Gasteiger charge is 2.39. The number of carbonyl (C=O) groups excluding carboxylic acids is 3. The Kier molecular flexibility index (Phi) is 6.68. The van der Waals surface area contributed by atoms with Crippen molar-refractivity contribution in [3.8, 4) is 6.07 Å². The van der Waals surface area contributed by atoms with Crippen molar-refractivity contribution in [3.63, 3.8) is 0 Å². The molecule has 2 heterocycles. The van der Waals surface area contributed by atoms with E-state index in [0.29, 0.717) is 29.7 Å². The van der Waals surface area contributed by atoms with Crippen molar-refractivity contribution in [1.82, 2.24) is 15.6 Å². The molecule has 0 unspecified atom stereocenters. The monoisotopic (exact) mass is 486 g/mol. The number of amides is 2. The van der Waals surface area contributed by atoms with E-state index in [1.54, 1.807) is 0 Å². The van der Waals surface area contributed by atoms with E-state index in [1.807, 2.05) is 13.8 Å². The van der Waals surface area contributed by atoms with E-state index in [9.17, 15) is 24.0 Å². The second-order valence-electron chi connectivity index (χ2n) is 10.2. The number of halogens is 2. The number of Topliss-reactive ketones (excluding diaryl/α,β-unsaturated/α-hetero) is 1. The molecule has 0 bridgehead atoms. The van der Waals surface area contributed by atoms with Crippen LogP contribution in [0.2, 0.25) is 5.02 Å². The van der Waals surface area contributed by atoms with Gasteiger partial charge in [0.1, 0.15) is 11.9 Å². The molecule has 2 amide bonds. The zero-order chi connectivity index (χ0) is 24.6. The summed E-state index contributed by atoms with van der Waals surface area (Å²) in [6.07, 6.45) is 3.37. The fraction of sp³-hybridized carbons (Fsp3) is 0.520. The lowest BCUT2D eigenvalue weighted by Gasteiger charge is -2.20. The van der Waals surface area contributed by atoms with Crippen LogP contribution < -0.4 is 10.6 Å². The van der Waals surface area contributed by atoms with Gasteiger partial charge in [0, 0.05) is 29.2 Å². The van der Waals surface area contributed by atoms with Gasteiger partial charge in [0.25, 0.3) is 0 Å². The van der Waals surface area contributed by atoms with Crippen LogP contribution in [0.25, 0.3) is 10.9 Å². The first-order chi connectivity index (χ1) is 16.0. The second-order valence-corrected chi connectivity index (χ2v) is 10.6. The van der Waals surface area contributed by atoms with Crippen LogP contribution in [0.15, 0.2) is 18.2 Å². The highest BCUT2D eigenvalue weighted by molar-refractivity contribution is 6.35. The number of nitrogens with one attached hydrogen (secondary N) is 3. The standard InChI is InChI=1S/C25H28ClFN4O3/c1-25(2)11-16(24(34)31-25)7-18(12-28)29-23(33)15(5-13-3-4-13)9-21(32)20-8-14-6-17(27)10-19(26)22(14)30-20/h6,8,10,13,15-16,18,30H,3-5,7,9,11H2,1-2H3,(H,29,33)(H,31,34)/t15-,16-,18+/m1/s1. The van der Waals surface area contributed by atoms with Crippen molar-refractivity contribution in [3.05, 3.63) is 34.7 Å². The second kappa shape index (κ2) is 9.38. The van der Waals surface area contributed by atoms with Crippen LogP contribution in [0.1, 0.15) is 62.9 Å². The van der Waals surface area contributed by atoms with E-state index >= 15 is 0 Å². The van der Waals surface area contributed by atoms with Crippen LogP contribution >= 0.6 is 11.6 Å². The van der Waals surface area contributed by atoms with Crippen molar-refractivity contribution in [2.45, 2.75) is 64.0 Å². The number of rotatable bonds is 9. The van der Waals surface area contributed by atoms with Gasteiger partial charge in [-0.25, -0.2) is 4.39 Å². The summed E-state index contributed by atoms with van der Waals surface area (Å²) in [5.74, 6) is -1.80. The summed E-state index contributed by atoms with van der Waals surface area (Å²) in [4.78, 5) is 41.3. The summed E-state index contributed by atoms with van der Waals surface area (Å²) >= 11 is 6.08. The lowest BCUT2D eigenvalue weighted by molar-refractivity contribution is -0.127. The van der Waals surface area contributed by atoms with E-state index in [4.69, 9.17) is 11.6 Å². The average molecular weight is 487 g/mol. The van der Waals surface area contributed by atoms with Crippen LogP contribution in [0.3, 0.4) is 0 Å². The molecule has 1 aromatic heterocycles. The van der Waals surface area contributed by atoms with Crippen LogP contribution in [0, 0.1) is 34.9 Å². The lowest BCUT2D eigenvalue weighted by atomic mass is 9.90. The van der Waals surface area contributed by atoms with Crippen molar-refractivity contribution in [1.29, 1.82) is 5.26 Å². The molecule has 34 heavy (non-hydrogen) atoms. The zero-order valence-electron chi connectivity index (χ0n) is 19.2. The number of fused-ring (bicyclic) bond motifs is 1. The van der Waals surface area contributed by atoms with E-state index in [2.05, 4.69) is 21.7 Å². The highest BCUT2D eigenvalue weighted by Crippen LogP contribution is 2.37. The number of nitrogens with zero attached hydrogens (tertiary/aromatic N) is 1. The van der Waals surface area contributed by atoms with Gasteiger partial charge in [0.15, 0.2) is 5.78 Å². The first-order valence-electron chi connectivity index (χ1n) is 11.6. The van der Waals surface area contributed by atoms with Crippen molar-refractivity contribution < 1.29 is 18.8 Å². The molecule has 2 aromatic rings. The quantitative estimate of drug-likeness (QED) is 0.459. The van der Waals surface area contributed by atoms with Gasteiger partial charge in [-0.3, -0.25) is 14.4 Å². The fourth-order valence-corrected chi connectivity index (χ4v) is 5.05. The average Bonchev–Trinajstić information content (AvgIpc) is 3.39. The number of H-pyrrole nitrogens is 1. The maximum atomic E-state index is 13.7. The third kappa shape index (κ3) is 5.58. The minimum Gasteiger partial charge on any atom is -0.351 e. The Bertz CT molecular complexity index is 1180. The molecule has 1 aliphatic heterocycles. The molecule has 9 heteroatoms. The van der Waals surface area contributed by atoms with Crippen molar-refractivity contribution >= 4 is 40.1 Å². The number of aromatic amines is 1. The Labute approximate surface area is 202 Å². The molecule has 2 aliphatic rings. The summed E-state index contributed by atoms with van der Waals surface area (Å²) in [6, 6.07) is 5.28. The molecule has 2 fully saturated rings. The molecule has 0 spiro atoms. The van der Waals surface area contributed by atoms with Crippen LogP contribution in [-0.4, -0.2) is 34.2 Å². The van der Waals surface area contributed by atoms with Crippen molar-refractivity contribution in [2.24, 2.45) is 17.8 Å². The summed E-state index contributed by atoms with van der Waals surface area (Å²) in [5, 5.41) is 15.9. The molecule has 4 rings (SSSR count). The van der Waals surface area contributed by atoms with Gasteiger partial charge in [-0.2, -0.15) is 5.26 Å². The Balaban J connectivity index is 1.44. The number of aromatic nitrogens is 1. The molecule has 1 aromatic carbocycles. The molecule has 0 radical (unpaired) electrons. The molecule has 3 N–H and O–H groups in total. The molecule has 1 saturated heterocycles. The largest absolute Gasteiger partial charge is 0.351 e. The molecule has 1 aliphatic carbocycles. The SMILES string of the molecule is CC1(C)C[C@@H](C[C@@H](C#N)NC(=O)[C@@H](CC(=O)c2cc3cc(F)cc(Cl)c3[nH]2)CC2CC2)C(=O)N1. The van der Waals surface area contributed by atoms with Gasteiger partial charge in [-0.15, -0.1) is 0 Å². The molecule has 180 valence electrons. The minimum atomic E-state index is -0.816. The van der Waals surface area contributed by atoms with Gasteiger partial charge in [-0.1, -0.05) is 24.4 Å². The maximum Gasteiger partial charge on any atom is 0.224 e. The Hall–Kier alpha value is -2.92. The highest BCUT2D eigenvalue weighted by atomic mass is 35.5. The molecule has 7 nitrogen and oxygen atoms in total. The van der Waals surface area contributed by atoms with Crippen LogP contribution in [0.5, 0.6) is 0 Å². The number of hydrogen-bond donors (Lipinski definition) is 3. The maximum absolute atomic E-state index is 13.7. The van der Waals surface area contributed by atoms with Gasteiger partial charge in [-0.05, 0) is 57.2 Å². The molecular formula is C25H28ClFN4O3. The summed E-state index contributed by atoms with van der Waals surface area (Å²) in [5.41, 5.74) is 0.396. The first kappa shape index (κ1) is 24.2. The summed E-state index contributed by atoms with van der Waals surface area (Å²) in [6.45, 7) is 3.85. The summed E-state index contributed by atoms with van der Waals surface area (Å²) in [7, 11) is 0. The third-order valence-electron chi connectivity index (χ3n) is 6.64. The predicted molar refractivity (Wildman–Crippen MR) is 126 cm³/mol. The topological polar surface area (TPSA) is 115 Å². The number of hydrogen-bond acceptors (Lipinski definition) is 4. The van der Waals surface area contributed by atoms with Crippen LogP contribution in [-0.2, 0) is 9.59 Å². The zero-order valence-corrected chi connectivity index (χ0v) is 20.0. The Morgan fingerprint density at radius 1 is 1.29 bits per heavy atom. The summed E-state index contributed by atoms with van der Waals surface area (Å²) < 4.78 is 13.7. The minimum absolute atomic E-state index is 0.0374. The third-order valence-corrected chi connectivity index (χ3v) is 6.94. The van der Waals surface area contributed by atoms with E-state index in [-0.39, 0.29) is 52.6 Å². The van der Waals surface area contributed by atoms with E-state index in [1.165, 1.54) is 18.2 Å². The van der Waals surface area contributed by atoms with Gasteiger partial charge >= 0.3 is 0 Å². The van der Waals surface area contributed by atoms with Gasteiger partial charge in [0.2, 0.25) is 11.8 Å².